The summed E-state index contributed by atoms with van der Waals surface area (Å²) >= 11 is 0. The molecule has 0 spiro atoms. The first-order valence-electron chi connectivity index (χ1n) is 7.30. The van der Waals surface area contributed by atoms with E-state index in [1.54, 1.807) is 0 Å². The molecule has 1 saturated heterocycles. The average Bonchev–Trinajstić information content (AvgIpc) is 2.61. The Bertz CT molecular complexity index is 617. The molecule has 10 nitrogen and oxygen atoms in total. The molecule has 0 radical (unpaired) electrons. The number of phenols is 1. The number of ether oxygens (including phenoxy) is 4. The molecule has 25 heavy (non-hydrogen) atoms. The van der Waals surface area contributed by atoms with Crippen molar-refractivity contribution in [3.05, 3.63) is 17.7 Å². The van der Waals surface area contributed by atoms with Crippen LogP contribution in [0.3, 0.4) is 0 Å². The number of carbonyl (C=O) groups is 1. The van der Waals surface area contributed by atoms with Crippen molar-refractivity contribution in [3.8, 4) is 17.2 Å². The third kappa shape index (κ3) is 3.78. The topological polar surface area (TPSA) is 155 Å². The fourth-order valence-corrected chi connectivity index (χ4v) is 2.40. The minimum Gasteiger partial charge on any atom is -0.504 e. The molecule has 0 aromatic heterocycles. The quantitative estimate of drug-likeness (QED) is 0.386. The minimum absolute atomic E-state index is 0.0203. The van der Waals surface area contributed by atoms with Crippen LogP contribution < -0.4 is 9.47 Å². The second kappa shape index (κ2) is 7.85. The molecule has 1 heterocycles. The standard InChI is InChI=1S/C15H20O10/c1-22-8-4-6(3-7(17)13(8)23-2)14(21)25-15-12(20)11(19)10(18)9(5-16)24-15/h3-4,9-12,15-20H,5H2,1-2H3/t9-,10+,11+,12+,15-/m0/s1. The smallest absolute Gasteiger partial charge is 0.340 e. The molecular formula is C15H20O10. The molecule has 1 aromatic carbocycles. The molecule has 0 saturated carbocycles. The summed E-state index contributed by atoms with van der Waals surface area (Å²) in [6.07, 6.45) is -7.81. The van der Waals surface area contributed by atoms with E-state index in [1.807, 2.05) is 0 Å². The van der Waals surface area contributed by atoms with Crippen LogP contribution in [0.15, 0.2) is 12.1 Å². The zero-order valence-electron chi connectivity index (χ0n) is 13.5. The fourth-order valence-electron chi connectivity index (χ4n) is 2.40. The molecule has 5 atom stereocenters. The average molecular weight is 360 g/mol. The molecule has 140 valence electrons. The summed E-state index contributed by atoms with van der Waals surface area (Å²) in [6, 6.07) is 2.30. The first-order chi connectivity index (χ1) is 11.8. The van der Waals surface area contributed by atoms with Crippen molar-refractivity contribution in [2.45, 2.75) is 30.7 Å². The summed E-state index contributed by atoms with van der Waals surface area (Å²) < 4.78 is 20.0. The third-order valence-corrected chi connectivity index (χ3v) is 3.77. The maximum absolute atomic E-state index is 12.2. The Morgan fingerprint density at radius 1 is 1.12 bits per heavy atom. The van der Waals surface area contributed by atoms with Gasteiger partial charge in [0.1, 0.15) is 24.4 Å². The number of phenolic OH excluding ortho intramolecular Hbond substituents is 1. The number of hydrogen-bond donors (Lipinski definition) is 5. The summed E-state index contributed by atoms with van der Waals surface area (Å²) in [5.41, 5.74) is -0.132. The van der Waals surface area contributed by atoms with Gasteiger partial charge in [-0.1, -0.05) is 0 Å². The number of hydrogen-bond acceptors (Lipinski definition) is 10. The Balaban J connectivity index is 2.20. The highest BCUT2D eigenvalue weighted by atomic mass is 16.7. The van der Waals surface area contributed by atoms with Gasteiger partial charge in [0.15, 0.2) is 11.5 Å². The van der Waals surface area contributed by atoms with Crippen LogP contribution in [0.4, 0.5) is 0 Å². The molecule has 5 N–H and O–H groups in total. The van der Waals surface area contributed by atoms with E-state index in [1.165, 1.54) is 20.3 Å². The van der Waals surface area contributed by atoms with E-state index in [2.05, 4.69) is 0 Å². The van der Waals surface area contributed by atoms with Gasteiger partial charge in [0.25, 0.3) is 0 Å². The van der Waals surface area contributed by atoms with Crippen LogP contribution in [0.25, 0.3) is 0 Å². The SMILES string of the molecule is COc1cc(C(=O)O[C@@H]2O[C@@H](CO)[C@@H](O)[C@@H](O)[C@H]2O)cc(O)c1OC. The molecule has 2 rings (SSSR count). The van der Waals surface area contributed by atoms with Crippen LogP contribution in [0.1, 0.15) is 10.4 Å². The Morgan fingerprint density at radius 2 is 1.80 bits per heavy atom. The Hall–Kier alpha value is -2.11. The van der Waals surface area contributed by atoms with E-state index < -0.39 is 43.3 Å². The molecule has 1 fully saturated rings. The number of esters is 1. The molecular weight excluding hydrogens is 340 g/mol. The highest BCUT2D eigenvalue weighted by Crippen LogP contribution is 2.37. The van der Waals surface area contributed by atoms with Crippen molar-refractivity contribution >= 4 is 5.97 Å². The molecule has 10 heteroatoms. The molecule has 0 aliphatic carbocycles. The van der Waals surface area contributed by atoms with Crippen molar-refractivity contribution in [3.63, 3.8) is 0 Å². The molecule has 1 aliphatic rings. The monoisotopic (exact) mass is 360 g/mol. The van der Waals surface area contributed by atoms with Gasteiger partial charge in [-0.2, -0.15) is 0 Å². The minimum atomic E-state index is -1.73. The number of aliphatic hydroxyl groups excluding tert-OH is 4. The summed E-state index contributed by atoms with van der Waals surface area (Å²) in [5, 5.41) is 48.2. The third-order valence-electron chi connectivity index (χ3n) is 3.77. The lowest BCUT2D eigenvalue weighted by molar-refractivity contribution is -0.285. The first kappa shape index (κ1) is 19.2. The second-order valence-electron chi connectivity index (χ2n) is 5.33. The summed E-state index contributed by atoms with van der Waals surface area (Å²) in [4.78, 5) is 12.2. The Labute approximate surface area is 142 Å². The van der Waals surface area contributed by atoms with Crippen molar-refractivity contribution in [1.82, 2.24) is 0 Å². The van der Waals surface area contributed by atoms with Gasteiger partial charge in [-0.25, -0.2) is 4.79 Å². The highest BCUT2D eigenvalue weighted by molar-refractivity contribution is 5.91. The van der Waals surface area contributed by atoms with Gasteiger partial charge in [0.05, 0.1) is 26.4 Å². The van der Waals surface area contributed by atoms with Crippen LogP contribution in [0.2, 0.25) is 0 Å². The normalized spacial score (nSPS) is 29.1. The lowest BCUT2D eigenvalue weighted by Crippen LogP contribution is -2.59. The van der Waals surface area contributed by atoms with E-state index in [-0.39, 0.29) is 22.8 Å². The summed E-state index contributed by atoms with van der Waals surface area (Å²) in [6.45, 7) is -0.657. The van der Waals surface area contributed by atoms with Gasteiger partial charge < -0.3 is 44.5 Å². The molecule has 0 unspecified atom stereocenters. The number of carbonyl (C=O) groups excluding carboxylic acids is 1. The van der Waals surface area contributed by atoms with Gasteiger partial charge in [-0.15, -0.1) is 0 Å². The molecule has 1 aliphatic heterocycles. The molecule has 0 amide bonds. The number of methoxy groups -OCH3 is 2. The van der Waals surface area contributed by atoms with Crippen molar-refractivity contribution in [1.29, 1.82) is 0 Å². The number of aliphatic hydroxyl groups is 4. The van der Waals surface area contributed by atoms with Crippen molar-refractivity contribution in [2.75, 3.05) is 20.8 Å². The van der Waals surface area contributed by atoms with Crippen LogP contribution in [-0.2, 0) is 9.47 Å². The number of rotatable bonds is 5. The molecule has 0 bridgehead atoms. The summed E-state index contributed by atoms with van der Waals surface area (Å²) in [5.74, 6) is -1.28. The number of aromatic hydroxyl groups is 1. The highest BCUT2D eigenvalue weighted by Gasteiger charge is 2.45. The van der Waals surface area contributed by atoms with Gasteiger partial charge in [0.2, 0.25) is 12.0 Å². The van der Waals surface area contributed by atoms with E-state index in [0.717, 1.165) is 6.07 Å². The Morgan fingerprint density at radius 3 is 2.36 bits per heavy atom. The van der Waals surface area contributed by atoms with Gasteiger partial charge in [-0.05, 0) is 12.1 Å². The maximum Gasteiger partial charge on any atom is 0.340 e. The predicted molar refractivity (Wildman–Crippen MR) is 80.4 cm³/mol. The lowest BCUT2D eigenvalue weighted by atomic mass is 9.99. The lowest BCUT2D eigenvalue weighted by Gasteiger charge is -2.39. The van der Waals surface area contributed by atoms with Gasteiger partial charge in [0, 0.05) is 0 Å². The van der Waals surface area contributed by atoms with E-state index in [9.17, 15) is 25.2 Å². The van der Waals surface area contributed by atoms with Gasteiger partial charge in [-0.3, -0.25) is 0 Å². The fraction of sp³-hybridized carbons (Fsp3) is 0.533. The van der Waals surface area contributed by atoms with Gasteiger partial charge >= 0.3 is 5.97 Å². The largest absolute Gasteiger partial charge is 0.504 e. The maximum atomic E-state index is 12.2. The zero-order valence-corrected chi connectivity index (χ0v) is 13.5. The van der Waals surface area contributed by atoms with E-state index in [4.69, 9.17) is 24.1 Å². The van der Waals surface area contributed by atoms with Crippen LogP contribution in [0.5, 0.6) is 17.2 Å². The second-order valence-corrected chi connectivity index (χ2v) is 5.33. The number of benzene rings is 1. The van der Waals surface area contributed by atoms with Crippen LogP contribution >= 0.6 is 0 Å². The zero-order chi connectivity index (χ0) is 18.7. The van der Waals surface area contributed by atoms with Crippen molar-refractivity contribution < 1.29 is 49.3 Å². The van der Waals surface area contributed by atoms with Crippen LogP contribution in [-0.4, -0.2) is 83.0 Å². The van der Waals surface area contributed by atoms with Crippen LogP contribution in [0, 0.1) is 0 Å². The predicted octanol–water partition coefficient (Wildman–Crippen LogP) is -1.63. The van der Waals surface area contributed by atoms with E-state index >= 15 is 0 Å². The van der Waals surface area contributed by atoms with E-state index in [0.29, 0.717) is 0 Å². The first-order valence-corrected chi connectivity index (χ1v) is 7.30. The summed E-state index contributed by atoms with van der Waals surface area (Å²) in [7, 11) is 2.62. The molecule has 1 aromatic rings. The Kier molecular flexibility index (Phi) is 6.03. The van der Waals surface area contributed by atoms with Crippen molar-refractivity contribution in [2.24, 2.45) is 0 Å².